The third-order valence-corrected chi connectivity index (χ3v) is 2.66. The van der Waals surface area contributed by atoms with Crippen molar-refractivity contribution in [1.82, 2.24) is 0 Å². The van der Waals surface area contributed by atoms with Crippen LogP contribution in [0, 0.1) is 0 Å². The minimum atomic E-state index is -1.04. The molecule has 108 valence electrons. The Labute approximate surface area is 115 Å². The maximum absolute atomic E-state index is 11.1. The van der Waals surface area contributed by atoms with Gasteiger partial charge in [0.05, 0.1) is 6.61 Å². The lowest BCUT2D eigenvalue weighted by atomic mass is 10.1. The molecule has 0 aromatic rings. The van der Waals surface area contributed by atoms with E-state index in [0.29, 0.717) is 0 Å². The number of carbonyl (C=O) groups is 3. The quantitative estimate of drug-likeness (QED) is 0.422. The summed E-state index contributed by atoms with van der Waals surface area (Å²) in [6.07, 6.45) is -2.91. The summed E-state index contributed by atoms with van der Waals surface area (Å²) in [7, 11) is 0. The maximum atomic E-state index is 11.1. The molecule has 0 saturated carbocycles. The number of halogens is 1. The van der Waals surface area contributed by atoms with Gasteiger partial charge >= 0.3 is 17.9 Å². The van der Waals surface area contributed by atoms with Gasteiger partial charge < -0.3 is 18.9 Å². The molecule has 0 aromatic heterocycles. The Morgan fingerprint density at radius 1 is 0.947 bits per heavy atom. The fourth-order valence-electron chi connectivity index (χ4n) is 1.70. The molecule has 7 nitrogen and oxygen atoms in total. The molecule has 1 aliphatic heterocycles. The van der Waals surface area contributed by atoms with E-state index in [1.54, 1.807) is 0 Å². The van der Waals surface area contributed by atoms with E-state index >= 15 is 0 Å². The number of hydrogen-bond acceptors (Lipinski definition) is 7. The second kappa shape index (κ2) is 6.72. The summed E-state index contributed by atoms with van der Waals surface area (Å²) in [6, 6.07) is 0. The van der Waals surface area contributed by atoms with Crippen LogP contribution in [0.2, 0.25) is 0 Å². The van der Waals surface area contributed by atoms with Crippen LogP contribution in [0.15, 0.2) is 0 Å². The molecule has 0 aliphatic carbocycles. The van der Waals surface area contributed by atoms with E-state index in [9.17, 15) is 14.4 Å². The molecule has 1 aliphatic rings. The SMILES string of the molecule is CC(=O)O[C@H]1[C@H](OC(C)=O)[C@H](OC(C)=O)CO[C@@H]1Cl. The monoisotopic (exact) mass is 294 g/mol. The van der Waals surface area contributed by atoms with E-state index in [1.165, 1.54) is 20.8 Å². The Hall–Kier alpha value is -1.34. The Bertz CT molecular complexity index is 370. The number of esters is 3. The van der Waals surface area contributed by atoms with Gasteiger partial charge in [0.1, 0.15) is 0 Å². The van der Waals surface area contributed by atoms with Gasteiger partial charge in [-0.25, -0.2) is 0 Å². The van der Waals surface area contributed by atoms with Crippen molar-refractivity contribution < 1.29 is 33.3 Å². The van der Waals surface area contributed by atoms with Crippen LogP contribution in [-0.4, -0.2) is 48.4 Å². The summed E-state index contributed by atoms with van der Waals surface area (Å²) in [6.45, 7) is 3.53. The highest BCUT2D eigenvalue weighted by molar-refractivity contribution is 6.20. The van der Waals surface area contributed by atoms with E-state index < -0.39 is 41.8 Å². The highest BCUT2D eigenvalue weighted by atomic mass is 35.5. The van der Waals surface area contributed by atoms with E-state index in [-0.39, 0.29) is 6.61 Å². The number of hydrogen-bond donors (Lipinski definition) is 0. The third kappa shape index (κ3) is 4.68. The van der Waals surface area contributed by atoms with Crippen molar-refractivity contribution in [3.05, 3.63) is 0 Å². The number of alkyl halides is 1. The van der Waals surface area contributed by atoms with Crippen molar-refractivity contribution >= 4 is 29.5 Å². The van der Waals surface area contributed by atoms with Crippen LogP contribution in [0.25, 0.3) is 0 Å². The molecule has 8 heteroatoms. The number of ether oxygens (including phenoxy) is 4. The molecular formula is C11H15ClO7. The van der Waals surface area contributed by atoms with Crippen molar-refractivity contribution in [2.75, 3.05) is 6.61 Å². The molecule has 0 amide bonds. The molecule has 0 unspecified atom stereocenters. The van der Waals surface area contributed by atoms with E-state index in [0.717, 1.165) is 0 Å². The zero-order valence-corrected chi connectivity index (χ0v) is 11.5. The van der Waals surface area contributed by atoms with Gasteiger partial charge in [0, 0.05) is 20.8 Å². The van der Waals surface area contributed by atoms with Crippen molar-refractivity contribution in [2.24, 2.45) is 0 Å². The summed E-state index contributed by atoms with van der Waals surface area (Å²) in [5.41, 5.74) is -0.986. The average molecular weight is 295 g/mol. The summed E-state index contributed by atoms with van der Waals surface area (Å²) in [5, 5.41) is 0. The molecule has 0 radical (unpaired) electrons. The number of rotatable bonds is 3. The molecule has 1 heterocycles. The second-order valence-corrected chi connectivity index (χ2v) is 4.41. The van der Waals surface area contributed by atoms with Crippen molar-refractivity contribution in [3.8, 4) is 0 Å². The average Bonchev–Trinajstić information content (AvgIpc) is 2.25. The van der Waals surface area contributed by atoms with Gasteiger partial charge in [-0.3, -0.25) is 14.4 Å². The van der Waals surface area contributed by atoms with Crippen molar-refractivity contribution in [1.29, 1.82) is 0 Å². The lowest BCUT2D eigenvalue weighted by Crippen LogP contribution is -2.55. The molecule has 0 bridgehead atoms. The molecule has 1 saturated heterocycles. The van der Waals surface area contributed by atoms with Crippen LogP contribution < -0.4 is 0 Å². The highest BCUT2D eigenvalue weighted by Crippen LogP contribution is 2.26. The third-order valence-electron chi connectivity index (χ3n) is 2.29. The van der Waals surface area contributed by atoms with Crippen molar-refractivity contribution in [3.63, 3.8) is 0 Å². The van der Waals surface area contributed by atoms with Crippen LogP contribution >= 0.6 is 11.6 Å². The summed E-state index contributed by atoms with van der Waals surface area (Å²) < 4.78 is 20.1. The first-order valence-corrected chi connectivity index (χ1v) is 6.02. The first kappa shape index (κ1) is 15.7. The minimum Gasteiger partial charge on any atom is -0.456 e. The van der Waals surface area contributed by atoms with Gasteiger partial charge in [-0.2, -0.15) is 0 Å². The molecule has 4 atom stereocenters. The molecule has 0 N–H and O–H groups in total. The first-order chi connectivity index (χ1) is 8.81. The van der Waals surface area contributed by atoms with E-state index in [4.69, 9.17) is 30.5 Å². The highest BCUT2D eigenvalue weighted by Gasteiger charge is 2.46. The molecule has 0 aromatic carbocycles. The molecule has 1 fully saturated rings. The smallest absolute Gasteiger partial charge is 0.303 e. The van der Waals surface area contributed by atoms with Gasteiger partial charge in [-0.05, 0) is 0 Å². The first-order valence-electron chi connectivity index (χ1n) is 5.58. The zero-order valence-electron chi connectivity index (χ0n) is 10.8. The van der Waals surface area contributed by atoms with Crippen LogP contribution in [0.1, 0.15) is 20.8 Å². The van der Waals surface area contributed by atoms with Gasteiger partial charge in [-0.15, -0.1) is 0 Å². The minimum absolute atomic E-state index is 0.0521. The van der Waals surface area contributed by atoms with E-state index in [2.05, 4.69) is 0 Å². The topological polar surface area (TPSA) is 88.1 Å². The summed E-state index contributed by atoms with van der Waals surface area (Å²) >= 11 is 5.88. The normalized spacial score (nSPS) is 30.3. The summed E-state index contributed by atoms with van der Waals surface area (Å²) in [5.74, 6) is -1.79. The van der Waals surface area contributed by atoms with Crippen LogP contribution in [0.4, 0.5) is 0 Å². The molecular weight excluding hydrogens is 280 g/mol. The van der Waals surface area contributed by atoms with Crippen molar-refractivity contribution in [2.45, 2.75) is 44.6 Å². The summed E-state index contributed by atoms with van der Waals surface area (Å²) in [4.78, 5) is 33.1. The maximum Gasteiger partial charge on any atom is 0.303 e. The van der Waals surface area contributed by atoms with Crippen LogP contribution in [-0.2, 0) is 33.3 Å². The lowest BCUT2D eigenvalue weighted by Gasteiger charge is -2.38. The standard InChI is InChI=1S/C11H15ClO7/c1-5(13)17-8-4-16-11(12)10(19-7(3)15)9(8)18-6(2)14/h8-11H,4H2,1-3H3/t8-,9-,10+,11+/m1/s1. The Balaban J connectivity index is 2.89. The molecule has 1 rings (SSSR count). The van der Waals surface area contributed by atoms with Gasteiger partial charge in [0.25, 0.3) is 0 Å². The number of carbonyl (C=O) groups excluding carboxylic acids is 3. The Morgan fingerprint density at radius 3 is 1.89 bits per heavy atom. The predicted octanol–water partition coefficient (Wildman–Crippen LogP) is 0.377. The van der Waals surface area contributed by atoms with Gasteiger partial charge in [-0.1, -0.05) is 11.6 Å². The van der Waals surface area contributed by atoms with Gasteiger partial charge in [0.2, 0.25) is 0 Å². The lowest BCUT2D eigenvalue weighted by molar-refractivity contribution is -0.214. The van der Waals surface area contributed by atoms with Crippen LogP contribution in [0.5, 0.6) is 0 Å². The predicted molar refractivity (Wildman–Crippen MR) is 62.3 cm³/mol. The molecule has 0 spiro atoms. The largest absolute Gasteiger partial charge is 0.456 e. The second-order valence-electron chi connectivity index (χ2n) is 3.98. The Kier molecular flexibility index (Phi) is 5.56. The zero-order chi connectivity index (χ0) is 14.6. The van der Waals surface area contributed by atoms with Gasteiger partial charge in [0.15, 0.2) is 23.9 Å². The fourth-order valence-corrected chi connectivity index (χ4v) is 1.97. The van der Waals surface area contributed by atoms with Crippen LogP contribution in [0.3, 0.4) is 0 Å². The fraction of sp³-hybridized carbons (Fsp3) is 0.727. The molecule has 19 heavy (non-hydrogen) atoms. The Morgan fingerprint density at radius 2 is 1.42 bits per heavy atom. The van der Waals surface area contributed by atoms with E-state index in [1.807, 2.05) is 0 Å².